The van der Waals surface area contributed by atoms with E-state index in [4.69, 9.17) is 0 Å². The molecule has 0 aliphatic heterocycles. The second-order valence-corrected chi connectivity index (χ2v) is 4.81. The van der Waals surface area contributed by atoms with Crippen LogP contribution in [0.4, 0.5) is 11.4 Å². The van der Waals surface area contributed by atoms with E-state index in [1.165, 1.54) is 0 Å². The molecular formula is C14H15BrN2O. The molecule has 0 fully saturated rings. The fourth-order valence-electron chi connectivity index (χ4n) is 1.97. The van der Waals surface area contributed by atoms with Crippen molar-refractivity contribution in [1.29, 1.82) is 0 Å². The summed E-state index contributed by atoms with van der Waals surface area (Å²) in [6.45, 7) is 0. The highest BCUT2D eigenvalue weighted by Gasteiger charge is 2.08. The molecule has 94 valence electrons. The molecule has 0 spiro atoms. The van der Waals surface area contributed by atoms with Gasteiger partial charge in [-0.25, -0.2) is 0 Å². The van der Waals surface area contributed by atoms with E-state index in [0.717, 1.165) is 22.1 Å². The van der Waals surface area contributed by atoms with Crippen LogP contribution in [0.3, 0.4) is 0 Å². The van der Waals surface area contributed by atoms with E-state index in [9.17, 15) is 4.79 Å². The minimum atomic E-state index is -0.0437. The number of benzene rings is 2. The Morgan fingerprint density at radius 1 is 1.17 bits per heavy atom. The minimum absolute atomic E-state index is 0.0437. The highest BCUT2D eigenvalue weighted by atomic mass is 79.9. The molecule has 0 saturated heterocycles. The lowest BCUT2D eigenvalue weighted by atomic mass is 10.1. The maximum atomic E-state index is 11.5. The van der Waals surface area contributed by atoms with Gasteiger partial charge in [0, 0.05) is 36.2 Å². The molecule has 0 heterocycles. The van der Waals surface area contributed by atoms with Crippen LogP contribution in [-0.2, 0) is 4.79 Å². The number of halogens is 1. The largest absolute Gasteiger partial charge is 0.377 e. The van der Waals surface area contributed by atoms with Gasteiger partial charge < -0.3 is 10.2 Å². The van der Waals surface area contributed by atoms with Gasteiger partial charge in [-0.2, -0.15) is 0 Å². The number of hydrogen-bond donors (Lipinski definition) is 1. The number of amides is 1. The number of nitrogens with zero attached hydrogens (tertiary/aromatic N) is 1. The van der Waals surface area contributed by atoms with Gasteiger partial charge in [-0.05, 0) is 12.1 Å². The van der Waals surface area contributed by atoms with E-state index in [-0.39, 0.29) is 5.91 Å². The Morgan fingerprint density at radius 3 is 2.44 bits per heavy atom. The zero-order chi connectivity index (χ0) is 13.1. The van der Waals surface area contributed by atoms with Crippen LogP contribution in [0.2, 0.25) is 0 Å². The number of alkyl halides is 1. The van der Waals surface area contributed by atoms with Crippen LogP contribution < -0.4 is 10.2 Å². The summed E-state index contributed by atoms with van der Waals surface area (Å²) in [6, 6.07) is 12.0. The normalized spacial score (nSPS) is 10.4. The third-order valence-corrected chi connectivity index (χ3v) is 3.29. The predicted molar refractivity (Wildman–Crippen MR) is 80.7 cm³/mol. The van der Waals surface area contributed by atoms with Crippen molar-refractivity contribution < 1.29 is 4.79 Å². The smallest absolute Gasteiger partial charge is 0.235 e. The number of anilines is 2. The first-order valence-corrected chi connectivity index (χ1v) is 6.80. The van der Waals surface area contributed by atoms with Crippen LogP contribution in [0.5, 0.6) is 0 Å². The summed E-state index contributed by atoms with van der Waals surface area (Å²) in [5.74, 6) is -0.0437. The van der Waals surface area contributed by atoms with Gasteiger partial charge >= 0.3 is 0 Å². The Balaban J connectivity index is 2.57. The van der Waals surface area contributed by atoms with E-state index < -0.39 is 0 Å². The molecule has 0 unspecified atom stereocenters. The number of rotatable bonds is 3. The Morgan fingerprint density at radius 2 is 1.83 bits per heavy atom. The molecule has 3 nitrogen and oxygen atoms in total. The van der Waals surface area contributed by atoms with Crippen LogP contribution in [-0.4, -0.2) is 25.3 Å². The Bertz CT molecular complexity index is 581. The van der Waals surface area contributed by atoms with Gasteiger partial charge in [-0.3, -0.25) is 4.79 Å². The van der Waals surface area contributed by atoms with Crippen molar-refractivity contribution in [3.63, 3.8) is 0 Å². The Labute approximate surface area is 115 Å². The van der Waals surface area contributed by atoms with Crippen LogP contribution in [0.15, 0.2) is 36.4 Å². The lowest BCUT2D eigenvalue weighted by molar-refractivity contribution is -0.113. The summed E-state index contributed by atoms with van der Waals surface area (Å²) < 4.78 is 0. The van der Waals surface area contributed by atoms with Crippen molar-refractivity contribution >= 4 is 44.0 Å². The van der Waals surface area contributed by atoms with Crippen LogP contribution in [0, 0.1) is 0 Å². The zero-order valence-corrected chi connectivity index (χ0v) is 12.0. The molecule has 18 heavy (non-hydrogen) atoms. The summed E-state index contributed by atoms with van der Waals surface area (Å²) in [7, 11) is 4.02. The predicted octanol–water partition coefficient (Wildman–Crippen LogP) is 3.24. The number of hydrogen-bond acceptors (Lipinski definition) is 2. The molecule has 0 aliphatic rings. The van der Waals surface area contributed by atoms with Crippen LogP contribution in [0.1, 0.15) is 0 Å². The maximum absolute atomic E-state index is 11.5. The first-order chi connectivity index (χ1) is 8.63. The molecule has 1 N–H and O–H groups in total. The highest BCUT2D eigenvalue weighted by Crippen LogP contribution is 2.31. The van der Waals surface area contributed by atoms with Gasteiger partial charge in [-0.1, -0.05) is 40.2 Å². The third-order valence-electron chi connectivity index (χ3n) is 2.78. The molecule has 0 bridgehead atoms. The summed E-state index contributed by atoms with van der Waals surface area (Å²) in [6.07, 6.45) is 0. The minimum Gasteiger partial charge on any atom is -0.377 e. The summed E-state index contributed by atoms with van der Waals surface area (Å²) in [4.78, 5) is 13.5. The Kier molecular flexibility index (Phi) is 3.87. The first kappa shape index (κ1) is 12.9. The molecule has 0 radical (unpaired) electrons. The van der Waals surface area contributed by atoms with Gasteiger partial charge in [0.15, 0.2) is 0 Å². The lowest BCUT2D eigenvalue weighted by Crippen LogP contribution is -2.13. The first-order valence-electron chi connectivity index (χ1n) is 5.68. The monoisotopic (exact) mass is 306 g/mol. The van der Waals surface area contributed by atoms with E-state index in [0.29, 0.717) is 5.33 Å². The van der Waals surface area contributed by atoms with Crippen molar-refractivity contribution in [2.75, 3.05) is 29.6 Å². The average Bonchev–Trinajstić information content (AvgIpc) is 2.38. The number of nitrogens with one attached hydrogen (secondary N) is 1. The van der Waals surface area contributed by atoms with Crippen molar-refractivity contribution in [3.05, 3.63) is 36.4 Å². The molecule has 2 aromatic rings. The van der Waals surface area contributed by atoms with Crippen molar-refractivity contribution in [2.24, 2.45) is 0 Å². The summed E-state index contributed by atoms with van der Waals surface area (Å²) in [5, 5.41) is 5.39. The second kappa shape index (κ2) is 5.40. The van der Waals surface area contributed by atoms with Gasteiger partial charge in [-0.15, -0.1) is 0 Å². The molecular weight excluding hydrogens is 292 g/mol. The topological polar surface area (TPSA) is 32.3 Å². The van der Waals surface area contributed by atoms with Gasteiger partial charge in [0.25, 0.3) is 0 Å². The molecule has 0 aromatic heterocycles. The van der Waals surface area contributed by atoms with Gasteiger partial charge in [0.1, 0.15) is 0 Å². The van der Waals surface area contributed by atoms with Crippen molar-refractivity contribution in [3.8, 4) is 0 Å². The molecule has 0 aliphatic carbocycles. The lowest BCUT2D eigenvalue weighted by Gasteiger charge is -2.17. The fraction of sp³-hybridized carbons (Fsp3) is 0.214. The standard InChI is InChI=1S/C14H15BrN2O/c1-17(2)13-8-7-12(16-14(18)9-15)10-5-3-4-6-11(10)13/h3-8H,9H2,1-2H3,(H,16,18). The van der Waals surface area contributed by atoms with Crippen LogP contribution >= 0.6 is 15.9 Å². The maximum Gasteiger partial charge on any atom is 0.235 e. The highest BCUT2D eigenvalue weighted by molar-refractivity contribution is 9.09. The van der Waals surface area contributed by atoms with Gasteiger partial charge in [0.05, 0.1) is 5.33 Å². The van der Waals surface area contributed by atoms with Gasteiger partial charge in [0.2, 0.25) is 5.91 Å². The Hall–Kier alpha value is -1.55. The molecule has 1 amide bonds. The van der Waals surface area contributed by atoms with E-state index >= 15 is 0 Å². The molecule has 2 aromatic carbocycles. The SMILES string of the molecule is CN(C)c1ccc(NC(=O)CBr)c2ccccc12. The van der Waals surface area contributed by atoms with Crippen LogP contribution in [0.25, 0.3) is 10.8 Å². The van der Waals surface area contributed by atoms with E-state index in [1.807, 2.05) is 44.4 Å². The summed E-state index contributed by atoms with van der Waals surface area (Å²) in [5.41, 5.74) is 1.99. The number of carbonyl (C=O) groups excluding carboxylic acids is 1. The van der Waals surface area contributed by atoms with E-state index in [2.05, 4.69) is 32.2 Å². The average molecular weight is 307 g/mol. The molecule has 4 heteroatoms. The quantitative estimate of drug-likeness (QED) is 0.883. The second-order valence-electron chi connectivity index (χ2n) is 4.25. The molecule has 2 rings (SSSR count). The summed E-state index contributed by atoms with van der Waals surface area (Å²) >= 11 is 3.15. The van der Waals surface area contributed by atoms with Crippen molar-refractivity contribution in [1.82, 2.24) is 0 Å². The number of carbonyl (C=O) groups is 1. The fourth-order valence-corrected chi connectivity index (χ4v) is 2.11. The van der Waals surface area contributed by atoms with Crippen molar-refractivity contribution in [2.45, 2.75) is 0 Å². The number of fused-ring (bicyclic) bond motifs is 1. The van der Waals surface area contributed by atoms with E-state index in [1.54, 1.807) is 0 Å². The third kappa shape index (κ3) is 2.48. The zero-order valence-electron chi connectivity index (χ0n) is 10.4. The molecule has 0 atom stereocenters. The molecule has 0 saturated carbocycles.